The van der Waals surface area contributed by atoms with E-state index in [9.17, 15) is 8.78 Å². The van der Waals surface area contributed by atoms with Crippen LogP contribution in [0.5, 0.6) is 11.5 Å². The van der Waals surface area contributed by atoms with Gasteiger partial charge in [-0.2, -0.15) is 8.78 Å². The first-order valence-electron chi connectivity index (χ1n) is 8.60. The van der Waals surface area contributed by atoms with Crippen molar-refractivity contribution in [1.29, 1.82) is 0 Å². The summed E-state index contributed by atoms with van der Waals surface area (Å²) >= 11 is 0. The Morgan fingerprint density at radius 2 is 1.77 bits per heavy atom. The second-order valence-corrected chi connectivity index (χ2v) is 6.31. The highest BCUT2D eigenvalue weighted by molar-refractivity contribution is 5.35. The van der Waals surface area contributed by atoms with E-state index >= 15 is 0 Å². The van der Waals surface area contributed by atoms with Gasteiger partial charge in [0, 0.05) is 5.92 Å². The number of methoxy groups -OCH3 is 1. The monoisotopic (exact) mass is 360 g/mol. The van der Waals surface area contributed by atoms with Gasteiger partial charge in [0.2, 0.25) is 11.6 Å². The van der Waals surface area contributed by atoms with Crippen LogP contribution in [0.25, 0.3) is 0 Å². The molecule has 0 bridgehead atoms. The summed E-state index contributed by atoms with van der Waals surface area (Å²) in [6.07, 6.45) is 4.03. The van der Waals surface area contributed by atoms with Crippen LogP contribution in [0.15, 0.2) is 49.1 Å². The minimum absolute atomic E-state index is 0.136. The van der Waals surface area contributed by atoms with Gasteiger partial charge in [-0.1, -0.05) is 30.3 Å². The van der Waals surface area contributed by atoms with Crippen molar-refractivity contribution in [2.75, 3.05) is 13.7 Å². The van der Waals surface area contributed by atoms with Crippen molar-refractivity contribution >= 4 is 0 Å². The molecule has 138 valence electrons. The quantitative estimate of drug-likeness (QED) is 0.679. The third-order valence-electron chi connectivity index (χ3n) is 4.65. The zero-order chi connectivity index (χ0) is 18.5. The Labute approximate surface area is 152 Å². The molecule has 0 amide bonds. The number of halogens is 2. The van der Waals surface area contributed by atoms with Gasteiger partial charge in [0.1, 0.15) is 6.61 Å². The Morgan fingerprint density at radius 3 is 2.38 bits per heavy atom. The third-order valence-corrected chi connectivity index (χ3v) is 4.65. The smallest absolute Gasteiger partial charge is 0.204 e. The third kappa shape index (κ3) is 4.05. The number of benzene rings is 2. The maximum atomic E-state index is 13.9. The van der Waals surface area contributed by atoms with Crippen LogP contribution in [-0.4, -0.2) is 19.8 Å². The highest BCUT2D eigenvalue weighted by atomic mass is 19.2. The molecule has 5 heteroatoms. The molecule has 0 N–H and O–H groups in total. The molecule has 0 aromatic heterocycles. The van der Waals surface area contributed by atoms with E-state index in [4.69, 9.17) is 14.2 Å². The number of ether oxygens (including phenoxy) is 3. The van der Waals surface area contributed by atoms with E-state index in [-0.39, 0.29) is 24.2 Å². The Morgan fingerprint density at radius 1 is 1.08 bits per heavy atom. The maximum Gasteiger partial charge on any atom is 0.204 e. The summed E-state index contributed by atoms with van der Waals surface area (Å²) in [6.45, 7) is 4.60. The SMILES string of the molecule is C=CC1CCC(c2ccc(COc3ccc(OC)c(F)c3F)cc2)CO1. The normalized spacial score (nSPS) is 19.8. The van der Waals surface area contributed by atoms with Crippen LogP contribution < -0.4 is 9.47 Å². The highest BCUT2D eigenvalue weighted by Crippen LogP contribution is 2.30. The Hall–Kier alpha value is -2.40. The standard InChI is InChI=1S/C21H22F2O3/c1-3-17-9-8-16(13-25-17)15-6-4-14(5-7-15)12-26-19-11-10-18(24-2)20(22)21(19)23/h3-7,10-11,16-17H,1,8-9,12-13H2,2H3. The van der Waals surface area contributed by atoms with Gasteiger partial charge in [-0.3, -0.25) is 0 Å². The summed E-state index contributed by atoms with van der Waals surface area (Å²) in [7, 11) is 1.29. The van der Waals surface area contributed by atoms with Gasteiger partial charge in [0.05, 0.1) is 19.8 Å². The lowest BCUT2D eigenvalue weighted by Crippen LogP contribution is -2.22. The molecular weight excluding hydrogens is 338 g/mol. The van der Waals surface area contributed by atoms with E-state index in [1.54, 1.807) is 0 Å². The molecule has 0 aliphatic carbocycles. The predicted molar refractivity (Wildman–Crippen MR) is 95.6 cm³/mol. The van der Waals surface area contributed by atoms with Gasteiger partial charge in [-0.15, -0.1) is 6.58 Å². The first-order valence-corrected chi connectivity index (χ1v) is 8.60. The fraction of sp³-hybridized carbons (Fsp3) is 0.333. The lowest BCUT2D eigenvalue weighted by molar-refractivity contribution is 0.0329. The van der Waals surface area contributed by atoms with E-state index in [0.717, 1.165) is 18.4 Å². The van der Waals surface area contributed by atoms with E-state index in [1.165, 1.54) is 24.8 Å². The molecule has 2 unspecified atom stereocenters. The first-order chi connectivity index (χ1) is 12.6. The molecule has 0 saturated carbocycles. The van der Waals surface area contributed by atoms with Crippen LogP contribution in [0.1, 0.15) is 29.9 Å². The molecule has 1 aliphatic rings. The zero-order valence-corrected chi connectivity index (χ0v) is 14.7. The Balaban J connectivity index is 1.60. The van der Waals surface area contributed by atoms with Gasteiger partial charge in [0.25, 0.3) is 0 Å². The largest absolute Gasteiger partial charge is 0.494 e. The molecule has 1 heterocycles. The summed E-state index contributed by atoms with van der Waals surface area (Å²) in [5, 5.41) is 0. The fourth-order valence-electron chi connectivity index (χ4n) is 3.05. The van der Waals surface area contributed by atoms with Crippen molar-refractivity contribution in [3.05, 3.63) is 71.8 Å². The average Bonchev–Trinajstić information content (AvgIpc) is 2.70. The molecule has 26 heavy (non-hydrogen) atoms. The topological polar surface area (TPSA) is 27.7 Å². The molecule has 1 fully saturated rings. The summed E-state index contributed by atoms with van der Waals surface area (Å²) in [6, 6.07) is 10.6. The molecule has 2 aromatic rings. The van der Waals surface area contributed by atoms with Crippen LogP contribution in [0.2, 0.25) is 0 Å². The van der Waals surface area contributed by atoms with Crippen LogP contribution >= 0.6 is 0 Å². The molecular formula is C21H22F2O3. The van der Waals surface area contributed by atoms with Crippen LogP contribution in [0, 0.1) is 11.6 Å². The summed E-state index contributed by atoms with van der Waals surface area (Å²) in [5.74, 6) is -2.00. The van der Waals surface area contributed by atoms with Crippen LogP contribution in [0.4, 0.5) is 8.78 Å². The van der Waals surface area contributed by atoms with Gasteiger partial charge in [-0.05, 0) is 36.1 Å². The second kappa shape index (κ2) is 8.32. The summed E-state index contributed by atoms with van der Waals surface area (Å²) in [5.41, 5.74) is 2.09. The van der Waals surface area contributed by atoms with E-state index in [1.807, 2.05) is 30.3 Å². The van der Waals surface area contributed by atoms with Gasteiger partial charge in [0.15, 0.2) is 11.5 Å². The molecule has 0 radical (unpaired) electrons. The van der Waals surface area contributed by atoms with Gasteiger partial charge >= 0.3 is 0 Å². The molecule has 1 aliphatic heterocycles. The maximum absolute atomic E-state index is 13.9. The minimum atomic E-state index is -1.05. The van der Waals surface area contributed by atoms with Crippen molar-refractivity contribution in [3.8, 4) is 11.5 Å². The van der Waals surface area contributed by atoms with E-state index < -0.39 is 11.6 Å². The highest BCUT2D eigenvalue weighted by Gasteiger charge is 2.21. The predicted octanol–water partition coefficient (Wildman–Crippen LogP) is 5.00. The Bertz CT molecular complexity index is 751. The summed E-state index contributed by atoms with van der Waals surface area (Å²) in [4.78, 5) is 0. The number of hydrogen-bond donors (Lipinski definition) is 0. The summed E-state index contributed by atoms with van der Waals surface area (Å²) < 4.78 is 43.5. The zero-order valence-electron chi connectivity index (χ0n) is 14.7. The van der Waals surface area contributed by atoms with E-state index in [2.05, 4.69) is 6.58 Å². The van der Waals surface area contributed by atoms with Crippen molar-refractivity contribution in [2.24, 2.45) is 0 Å². The van der Waals surface area contributed by atoms with Crippen molar-refractivity contribution in [3.63, 3.8) is 0 Å². The van der Waals surface area contributed by atoms with Crippen molar-refractivity contribution in [2.45, 2.75) is 31.5 Å². The van der Waals surface area contributed by atoms with Crippen molar-refractivity contribution < 1.29 is 23.0 Å². The first kappa shape index (κ1) is 18.4. The average molecular weight is 360 g/mol. The van der Waals surface area contributed by atoms with Crippen LogP contribution in [-0.2, 0) is 11.3 Å². The lowest BCUT2D eigenvalue weighted by atomic mass is 9.91. The van der Waals surface area contributed by atoms with Crippen LogP contribution in [0.3, 0.4) is 0 Å². The molecule has 3 nitrogen and oxygen atoms in total. The molecule has 1 saturated heterocycles. The lowest BCUT2D eigenvalue weighted by Gasteiger charge is -2.27. The van der Waals surface area contributed by atoms with Crippen molar-refractivity contribution in [1.82, 2.24) is 0 Å². The molecule has 2 atom stereocenters. The Kier molecular flexibility index (Phi) is 5.89. The molecule has 0 spiro atoms. The molecule has 3 rings (SSSR count). The number of rotatable bonds is 6. The van der Waals surface area contributed by atoms with Gasteiger partial charge in [-0.25, -0.2) is 0 Å². The minimum Gasteiger partial charge on any atom is -0.494 e. The van der Waals surface area contributed by atoms with E-state index in [0.29, 0.717) is 12.5 Å². The fourth-order valence-corrected chi connectivity index (χ4v) is 3.05. The second-order valence-electron chi connectivity index (χ2n) is 6.31. The van der Waals surface area contributed by atoms with Gasteiger partial charge < -0.3 is 14.2 Å². The molecule has 2 aromatic carbocycles. The number of hydrogen-bond acceptors (Lipinski definition) is 3.